The SMILES string of the molecule is NNc1ncc(Br)c(Sc2ccccc2F)n1. The van der Waals surface area contributed by atoms with Gasteiger partial charge in [0.1, 0.15) is 10.8 Å². The van der Waals surface area contributed by atoms with E-state index in [1.807, 2.05) is 0 Å². The van der Waals surface area contributed by atoms with Crippen LogP contribution < -0.4 is 11.3 Å². The first-order chi connectivity index (χ1) is 8.20. The average Bonchev–Trinajstić information content (AvgIpc) is 2.35. The van der Waals surface area contributed by atoms with Crippen molar-refractivity contribution in [1.82, 2.24) is 9.97 Å². The van der Waals surface area contributed by atoms with E-state index in [9.17, 15) is 4.39 Å². The van der Waals surface area contributed by atoms with E-state index in [4.69, 9.17) is 5.84 Å². The number of nitrogens with one attached hydrogen (secondary N) is 1. The Hall–Kier alpha value is -1.18. The molecule has 0 saturated heterocycles. The van der Waals surface area contributed by atoms with Gasteiger partial charge in [-0.1, -0.05) is 23.9 Å². The molecule has 88 valence electrons. The van der Waals surface area contributed by atoms with Crippen molar-refractivity contribution < 1.29 is 4.39 Å². The molecule has 2 aromatic rings. The zero-order chi connectivity index (χ0) is 12.3. The molecule has 1 heterocycles. The fourth-order valence-electron chi connectivity index (χ4n) is 1.12. The predicted octanol–water partition coefficient (Wildman–Crippen LogP) is 2.82. The number of hydrogen-bond donors (Lipinski definition) is 2. The second kappa shape index (κ2) is 5.44. The highest BCUT2D eigenvalue weighted by atomic mass is 79.9. The first-order valence-corrected chi connectivity index (χ1v) is 6.23. The molecule has 0 aliphatic rings. The van der Waals surface area contributed by atoms with Crippen molar-refractivity contribution in [2.24, 2.45) is 5.84 Å². The number of rotatable bonds is 3. The molecule has 0 amide bonds. The number of nitrogens with zero attached hydrogens (tertiary/aromatic N) is 2. The van der Waals surface area contributed by atoms with Gasteiger partial charge in [0.15, 0.2) is 0 Å². The van der Waals surface area contributed by atoms with Crippen molar-refractivity contribution in [3.8, 4) is 0 Å². The van der Waals surface area contributed by atoms with Crippen molar-refractivity contribution in [3.63, 3.8) is 0 Å². The van der Waals surface area contributed by atoms with Gasteiger partial charge in [-0.05, 0) is 28.1 Å². The lowest BCUT2D eigenvalue weighted by Gasteiger charge is -2.05. The van der Waals surface area contributed by atoms with Crippen LogP contribution in [0.4, 0.5) is 10.3 Å². The van der Waals surface area contributed by atoms with Crippen LogP contribution >= 0.6 is 27.7 Å². The van der Waals surface area contributed by atoms with Gasteiger partial charge in [0.25, 0.3) is 0 Å². The number of benzene rings is 1. The molecule has 4 nitrogen and oxygen atoms in total. The molecular formula is C10H8BrFN4S. The summed E-state index contributed by atoms with van der Waals surface area (Å²) < 4.78 is 14.2. The summed E-state index contributed by atoms with van der Waals surface area (Å²) in [6.07, 6.45) is 1.56. The Kier molecular flexibility index (Phi) is 3.93. The van der Waals surface area contributed by atoms with Crippen molar-refractivity contribution in [3.05, 3.63) is 40.8 Å². The number of anilines is 1. The second-order valence-corrected chi connectivity index (χ2v) is 4.91. The summed E-state index contributed by atoms with van der Waals surface area (Å²) in [6.45, 7) is 0. The van der Waals surface area contributed by atoms with Crippen molar-refractivity contribution >= 4 is 33.6 Å². The van der Waals surface area contributed by atoms with Gasteiger partial charge in [0, 0.05) is 11.1 Å². The van der Waals surface area contributed by atoms with Crippen LogP contribution in [0.3, 0.4) is 0 Å². The van der Waals surface area contributed by atoms with Crippen LogP contribution in [0.5, 0.6) is 0 Å². The molecule has 0 atom stereocenters. The lowest BCUT2D eigenvalue weighted by molar-refractivity contribution is 0.602. The molecule has 1 aromatic carbocycles. The molecule has 17 heavy (non-hydrogen) atoms. The molecule has 0 saturated carbocycles. The van der Waals surface area contributed by atoms with Crippen LogP contribution in [0.25, 0.3) is 0 Å². The fraction of sp³-hybridized carbons (Fsp3) is 0. The molecule has 0 spiro atoms. The van der Waals surface area contributed by atoms with Crippen molar-refractivity contribution in [1.29, 1.82) is 0 Å². The Morgan fingerprint density at radius 1 is 1.35 bits per heavy atom. The summed E-state index contributed by atoms with van der Waals surface area (Å²) in [5.41, 5.74) is 2.34. The number of hydrazine groups is 1. The summed E-state index contributed by atoms with van der Waals surface area (Å²) >= 11 is 4.51. The Labute approximate surface area is 110 Å². The summed E-state index contributed by atoms with van der Waals surface area (Å²) in [6, 6.07) is 6.49. The van der Waals surface area contributed by atoms with Gasteiger partial charge in [-0.2, -0.15) is 0 Å². The smallest absolute Gasteiger partial charge is 0.238 e. The molecule has 1 aromatic heterocycles. The zero-order valence-corrected chi connectivity index (χ0v) is 10.9. The number of nitrogen functional groups attached to an aromatic ring is 1. The number of hydrogen-bond acceptors (Lipinski definition) is 5. The Bertz CT molecular complexity index is 537. The van der Waals surface area contributed by atoms with Gasteiger partial charge in [-0.25, -0.2) is 20.2 Å². The van der Waals surface area contributed by atoms with Crippen LogP contribution in [0.1, 0.15) is 0 Å². The summed E-state index contributed by atoms with van der Waals surface area (Å²) in [5.74, 6) is 5.22. The molecule has 0 fully saturated rings. The van der Waals surface area contributed by atoms with Crippen LogP contribution in [-0.2, 0) is 0 Å². The predicted molar refractivity (Wildman–Crippen MR) is 68.1 cm³/mol. The summed E-state index contributed by atoms with van der Waals surface area (Å²) in [4.78, 5) is 8.54. The minimum absolute atomic E-state index is 0.284. The van der Waals surface area contributed by atoms with Gasteiger partial charge < -0.3 is 0 Å². The third kappa shape index (κ3) is 2.93. The average molecular weight is 315 g/mol. The lowest BCUT2D eigenvalue weighted by Crippen LogP contribution is -2.10. The molecule has 0 aliphatic heterocycles. The molecule has 0 unspecified atom stereocenters. The Morgan fingerprint density at radius 3 is 2.82 bits per heavy atom. The highest BCUT2D eigenvalue weighted by molar-refractivity contribution is 9.10. The van der Waals surface area contributed by atoms with E-state index in [1.54, 1.807) is 24.4 Å². The highest BCUT2D eigenvalue weighted by Crippen LogP contribution is 2.33. The fourth-order valence-corrected chi connectivity index (χ4v) is 2.36. The number of aromatic nitrogens is 2. The highest BCUT2D eigenvalue weighted by Gasteiger charge is 2.09. The minimum atomic E-state index is -0.287. The van der Waals surface area contributed by atoms with E-state index in [0.717, 1.165) is 0 Å². The Morgan fingerprint density at radius 2 is 2.12 bits per heavy atom. The van der Waals surface area contributed by atoms with E-state index >= 15 is 0 Å². The van der Waals surface area contributed by atoms with Crippen molar-refractivity contribution in [2.75, 3.05) is 5.43 Å². The topological polar surface area (TPSA) is 63.8 Å². The van der Waals surface area contributed by atoms with Crippen molar-refractivity contribution in [2.45, 2.75) is 9.92 Å². The van der Waals surface area contributed by atoms with Gasteiger partial charge in [0.05, 0.1) is 4.47 Å². The first-order valence-electron chi connectivity index (χ1n) is 4.62. The van der Waals surface area contributed by atoms with E-state index in [2.05, 4.69) is 31.3 Å². The standard InChI is InChI=1S/C10H8BrFN4S/c11-6-5-14-10(16-13)15-9(6)17-8-4-2-1-3-7(8)12/h1-5H,13H2,(H,14,15,16). The molecule has 7 heteroatoms. The zero-order valence-electron chi connectivity index (χ0n) is 8.52. The third-order valence-electron chi connectivity index (χ3n) is 1.88. The molecule has 2 rings (SSSR count). The monoisotopic (exact) mass is 314 g/mol. The Balaban J connectivity index is 2.32. The third-order valence-corrected chi connectivity index (χ3v) is 3.78. The molecular weight excluding hydrogens is 307 g/mol. The normalized spacial score (nSPS) is 10.3. The summed E-state index contributed by atoms with van der Waals surface area (Å²) in [7, 11) is 0. The van der Waals surface area contributed by atoms with Gasteiger partial charge in [-0.3, -0.25) is 5.43 Å². The lowest BCUT2D eigenvalue weighted by atomic mass is 10.3. The van der Waals surface area contributed by atoms with E-state index in [0.29, 0.717) is 14.4 Å². The molecule has 3 N–H and O–H groups in total. The molecule has 0 aliphatic carbocycles. The summed E-state index contributed by atoms with van der Waals surface area (Å²) in [5, 5.41) is 0.595. The van der Waals surface area contributed by atoms with E-state index in [1.165, 1.54) is 17.8 Å². The molecule has 0 radical (unpaired) electrons. The van der Waals surface area contributed by atoms with Crippen LogP contribution in [-0.4, -0.2) is 9.97 Å². The van der Waals surface area contributed by atoms with Gasteiger partial charge >= 0.3 is 0 Å². The number of halogens is 2. The molecule has 0 bridgehead atoms. The maximum Gasteiger partial charge on any atom is 0.238 e. The van der Waals surface area contributed by atoms with Gasteiger partial charge in [0.2, 0.25) is 5.95 Å². The van der Waals surface area contributed by atoms with E-state index in [-0.39, 0.29) is 11.8 Å². The first kappa shape index (κ1) is 12.3. The quantitative estimate of drug-likeness (QED) is 0.518. The van der Waals surface area contributed by atoms with E-state index < -0.39 is 0 Å². The largest absolute Gasteiger partial charge is 0.292 e. The second-order valence-electron chi connectivity index (χ2n) is 3.02. The van der Waals surface area contributed by atoms with Crippen LogP contribution in [0, 0.1) is 5.82 Å². The van der Waals surface area contributed by atoms with Gasteiger partial charge in [-0.15, -0.1) is 0 Å². The maximum atomic E-state index is 13.5. The van der Waals surface area contributed by atoms with Crippen LogP contribution in [0.2, 0.25) is 0 Å². The minimum Gasteiger partial charge on any atom is -0.292 e. The number of nitrogens with two attached hydrogens (primary N) is 1. The van der Waals surface area contributed by atoms with Crippen LogP contribution in [0.15, 0.2) is 44.9 Å². The maximum absolute atomic E-state index is 13.5.